The Morgan fingerprint density at radius 2 is 2.47 bits per heavy atom. The molecule has 7 heteroatoms. The number of nitrogens with zero attached hydrogens (tertiary/aromatic N) is 1. The summed E-state index contributed by atoms with van der Waals surface area (Å²) >= 11 is 1.07. The molecule has 0 aliphatic rings. The van der Waals surface area contributed by atoms with Crippen molar-refractivity contribution in [2.24, 2.45) is 0 Å². The number of ether oxygens (including phenoxy) is 1. The lowest BCUT2D eigenvalue weighted by Gasteiger charge is -2.13. The van der Waals surface area contributed by atoms with Gasteiger partial charge in [-0.3, -0.25) is 4.79 Å². The molecule has 0 aromatic carbocycles. The van der Waals surface area contributed by atoms with Gasteiger partial charge in [-0.15, -0.1) is 0 Å². The Morgan fingerprint density at radius 3 is 3.12 bits per heavy atom. The number of nitrogens with one attached hydrogen (secondary N) is 1. The number of carbonyl (C=O) groups is 1. The minimum absolute atomic E-state index is 0.0668. The van der Waals surface area contributed by atoms with Crippen molar-refractivity contribution in [2.45, 2.75) is 18.4 Å². The third-order valence-electron chi connectivity index (χ3n) is 1.80. The van der Waals surface area contributed by atoms with Crippen molar-refractivity contribution in [3.05, 3.63) is 23.5 Å². The van der Waals surface area contributed by atoms with Gasteiger partial charge < -0.3 is 9.94 Å². The highest BCUT2D eigenvalue weighted by Gasteiger charge is 2.12. The van der Waals surface area contributed by atoms with E-state index in [4.69, 9.17) is 9.94 Å². The van der Waals surface area contributed by atoms with Gasteiger partial charge in [-0.25, -0.2) is 10.2 Å². The average molecular weight is 258 g/mol. The largest absolute Gasteiger partial charge is 0.595 e. The molecule has 0 bridgehead atoms. The zero-order valence-electron chi connectivity index (χ0n) is 9.38. The molecule has 0 aliphatic carbocycles. The fraction of sp³-hybridized carbons (Fsp3) is 0.400. The lowest BCUT2D eigenvalue weighted by Crippen LogP contribution is -2.99. The van der Waals surface area contributed by atoms with Crippen LogP contribution in [0.4, 0.5) is 5.69 Å². The van der Waals surface area contributed by atoms with Gasteiger partial charge in [-0.1, -0.05) is 18.7 Å². The average Bonchev–Trinajstić information content (AvgIpc) is 2.34. The van der Waals surface area contributed by atoms with Gasteiger partial charge in [0.25, 0.3) is 0 Å². The van der Waals surface area contributed by atoms with Crippen LogP contribution in [0.15, 0.2) is 23.4 Å². The molecule has 1 aromatic rings. The molecule has 17 heavy (non-hydrogen) atoms. The molecule has 1 atom stereocenters. The molecule has 1 unspecified atom stereocenters. The summed E-state index contributed by atoms with van der Waals surface area (Å²) in [6.45, 7) is 2.29. The SMILES string of the molecule is CCCOC(=O)CSc1ncccc1[NH+]([O-])O. The van der Waals surface area contributed by atoms with E-state index >= 15 is 0 Å². The molecular weight excluding hydrogens is 244 g/mol. The molecule has 0 spiro atoms. The Kier molecular flexibility index (Phi) is 5.92. The van der Waals surface area contributed by atoms with Crippen molar-refractivity contribution in [2.75, 3.05) is 12.4 Å². The molecular formula is C10H14N2O4S. The second kappa shape index (κ2) is 7.23. The minimum atomic E-state index is -1.05. The predicted octanol–water partition coefficient (Wildman–Crippen LogP) is 0.530. The first-order chi connectivity index (χ1) is 8.15. The van der Waals surface area contributed by atoms with E-state index in [1.54, 1.807) is 6.07 Å². The van der Waals surface area contributed by atoms with Crippen LogP contribution >= 0.6 is 11.8 Å². The van der Waals surface area contributed by atoms with Crippen LogP contribution in [0.1, 0.15) is 13.3 Å². The molecule has 0 fully saturated rings. The van der Waals surface area contributed by atoms with Crippen LogP contribution in [0.3, 0.4) is 0 Å². The summed E-state index contributed by atoms with van der Waals surface area (Å²) in [5.74, 6) is -0.295. The van der Waals surface area contributed by atoms with Gasteiger partial charge in [-0.05, 0) is 12.5 Å². The third-order valence-corrected chi connectivity index (χ3v) is 2.77. The fourth-order valence-electron chi connectivity index (χ4n) is 1.05. The van der Waals surface area contributed by atoms with Crippen LogP contribution in [-0.4, -0.2) is 28.5 Å². The van der Waals surface area contributed by atoms with Gasteiger partial charge in [-0.2, -0.15) is 5.23 Å². The monoisotopic (exact) mass is 258 g/mol. The van der Waals surface area contributed by atoms with E-state index < -0.39 is 5.23 Å². The van der Waals surface area contributed by atoms with Crippen molar-refractivity contribution < 1.29 is 20.0 Å². The molecule has 1 aromatic heterocycles. The van der Waals surface area contributed by atoms with Crippen LogP contribution in [0.2, 0.25) is 0 Å². The van der Waals surface area contributed by atoms with E-state index in [0.29, 0.717) is 11.6 Å². The van der Waals surface area contributed by atoms with Gasteiger partial charge in [0, 0.05) is 12.3 Å². The Hall–Kier alpha value is -1.15. The first kappa shape index (κ1) is 13.9. The van der Waals surface area contributed by atoms with Gasteiger partial charge in [0.2, 0.25) is 0 Å². The molecule has 1 rings (SSSR count). The zero-order valence-corrected chi connectivity index (χ0v) is 10.2. The predicted molar refractivity (Wildman–Crippen MR) is 62.0 cm³/mol. The summed E-state index contributed by atoms with van der Waals surface area (Å²) in [6, 6.07) is 3.00. The van der Waals surface area contributed by atoms with E-state index in [1.807, 2.05) is 6.92 Å². The minimum Gasteiger partial charge on any atom is -0.595 e. The molecule has 0 saturated carbocycles. The Morgan fingerprint density at radius 1 is 1.71 bits per heavy atom. The second-order valence-electron chi connectivity index (χ2n) is 3.17. The smallest absolute Gasteiger partial charge is 0.316 e. The van der Waals surface area contributed by atoms with E-state index in [-0.39, 0.29) is 17.4 Å². The molecule has 2 N–H and O–H groups in total. The highest BCUT2D eigenvalue weighted by atomic mass is 32.2. The molecule has 6 nitrogen and oxygen atoms in total. The van der Waals surface area contributed by atoms with E-state index in [9.17, 15) is 10.0 Å². The maximum atomic E-state index is 11.2. The van der Waals surface area contributed by atoms with Crippen molar-refractivity contribution in [3.8, 4) is 0 Å². The Bertz CT molecular complexity index is 373. The van der Waals surface area contributed by atoms with Crippen molar-refractivity contribution in [1.82, 2.24) is 4.98 Å². The topological polar surface area (TPSA) is 86.9 Å². The zero-order chi connectivity index (χ0) is 12.7. The molecule has 0 radical (unpaired) electrons. The van der Waals surface area contributed by atoms with E-state index in [2.05, 4.69) is 4.98 Å². The molecule has 0 aliphatic heterocycles. The number of hydrogen-bond donors (Lipinski definition) is 2. The second-order valence-corrected chi connectivity index (χ2v) is 4.13. The van der Waals surface area contributed by atoms with E-state index in [1.165, 1.54) is 12.3 Å². The van der Waals surface area contributed by atoms with Gasteiger partial charge in [0.1, 0.15) is 0 Å². The van der Waals surface area contributed by atoms with E-state index in [0.717, 1.165) is 18.2 Å². The number of quaternary nitrogens is 1. The van der Waals surface area contributed by atoms with Crippen molar-refractivity contribution in [3.63, 3.8) is 0 Å². The Balaban J connectivity index is 2.54. The summed E-state index contributed by atoms with van der Waals surface area (Å²) in [6.07, 6.45) is 2.26. The van der Waals surface area contributed by atoms with Crippen molar-refractivity contribution in [1.29, 1.82) is 0 Å². The lowest BCUT2D eigenvalue weighted by atomic mass is 10.4. The van der Waals surface area contributed by atoms with Crippen LogP contribution in [0.5, 0.6) is 0 Å². The maximum Gasteiger partial charge on any atom is 0.316 e. The normalized spacial score (nSPS) is 12.2. The van der Waals surface area contributed by atoms with Crippen LogP contribution in [0.25, 0.3) is 0 Å². The highest BCUT2D eigenvalue weighted by molar-refractivity contribution is 8.00. The summed E-state index contributed by atoms with van der Waals surface area (Å²) in [4.78, 5) is 15.2. The van der Waals surface area contributed by atoms with Crippen LogP contribution in [-0.2, 0) is 9.53 Å². The highest BCUT2D eigenvalue weighted by Crippen LogP contribution is 2.21. The number of pyridine rings is 1. The molecule has 0 amide bonds. The Labute approximate surface area is 103 Å². The number of esters is 1. The summed E-state index contributed by atoms with van der Waals surface area (Å²) in [5.41, 5.74) is 0.0980. The van der Waals surface area contributed by atoms with Gasteiger partial charge in [0.15, 0.2) is 10.7 Å². The van der Waals surface area contributed by atoms with Gasteiger partial charge in [0.05, 0.1) is 12.4 Å². The number of thioether (sulfide) groups is 1. The lowest BCUT2D eigenvalue weighted by molar-refractivity contribution is -0.992. The molecule has 1 heterocycles. The van der Waals surface area contributed by atoms with Gasteiger partial charge >= 0.3 is 5.97 Å². The number of hydrogen-bond acceptors (Lipinski definition) is 6. The first-order valence-corrected chi connectivity index (χ1v) is 6.10. The standard InChI is InChI=1S/C10H14N2O4S/c1-2-6-16-9(13)7-17-10-8(12(14)15)4-3-5-11-10/h3-5,12,14H,2,6-7H2,1H3. The summed E-state index contributed by atoms with van der Waals surface area (Å²) in [5, 5.41) is 19.0. The third kappa shape index (κ3) is 4.70. The van der Waals surface area contributed by atoms with Crippen molar-refractivity contribution >= 4 is 23.4 Å². The fourth-order valence-corrected chi connectivity index (χ4v) is 1.84. The number of aromatic nitrogens is 1. The molecule has 0 saturated heterocycles. The quantitative estimate of drug-likeness (QED) is 0.440. The summed E-state index contributed by atoms with van der Waals surface area (Å²) < 4.78 is 4.88. The maximum absolute atomic E-state index is 11.2. The summed E-state index contributed by atoms with van der Waals surface area (Å²) in [7, 11) is 0. The van der Waals surface area contributed by atoms with Crippen LogP contribution < -0.4 is 5.23 Å². The molecule has 94 valence electrons. The number of carbonyl (C=O) groups excluding carboxylic acids is 1. The first-order valence-electron chi connectivity index (χ1n) is 5.12. The van der Waals surface area contributed by atoms with Crippen LogP contribution in [0, 0.1) is 5.21 Å². The number of rotatable bonds is 6.